The number of anilines is 2. The van der Waals surface area contributed by atoms with E-state index >= 15 is 0 Å². The number of nitrogens with one attached hydrogen (secondary N) is 2. The SMILES string of the molecule is COc1cc(NC(=O)CSc2nnc(NCc3ccccc3)s2)c(C)cc1[N+](=O)[O-]. The molecule has 2 N–H and O–H groups in total. The van der Waals surface area contributed by atoms with E-state index < -0.39 is 4.92 Å². The number of carbonyl (C=O) groups excluding carboxylic acids is 1. The van der Waals surface area contributed by atoms with Gasteiger partial charge in [0.15, 0.2) is 10.1 Å². The number of nitrogens with zero attached hydrogens (tertiary/aromatic N) is 3. The highest BCUT2D eigenvalue weighted by molar-refractivity contribution is 8.01. The van der Waals surface area contributed by atoms with Crippen molar-refractivity contribution in [1.82, 2.24) is 10.2 Å². The van der Waals surface area contributed by atoms with Gasteiger partial charge in [0.2, 0.25) is 11.0 Å². The number of carbonyl (C=O) groups is 1. The van der Waals surface area contributed by atoms with Crippen molar-refractivity contribution in [1.29, 1.82) is 0 Å². The molecule has 0 bridgehead atoms. The number of thioether (sulfide) groups is 1. The molecule has 0 radical (unpaired) electrons. The number of amides is 1. The number of hydrogen-bond donors (Lipinski definition) is 2. The maximum absolute atomic E-state index is 12.3. The monoisotopic (exact) mass is 445 g/mol. The van der Waals surface area contributed by atoms with E-state index in [2.05, 4.69) is 20.8 Å². The Kier molecular flexibility index (Phi) is 7.20. The maximum atomic E-state index is 12.3. The van der Waals surface area contributed by atoms with E-state index in [1.807, 2.05) is 30.3 Å². The number of aromatic nitrogens is 2. The molecule has 156 valence electrons. The lowest BCUT2D eigenvalue weighted by Crippen LogP contribution is -2.15. The molecule has 1 heterocycles. The molecule has 0 fully saturated rings. The second-order valence-corrected chi connectivity index (χ2v) is 8.35. The Balaban J connectivity index is 1.54. The lowest BCUT2D eigenvalue weighted by Gasteiger charge is -2.10. The zero-order valence-electron chi connectivity index (χ0n) is 16.2. The molecule has 0 spiro atoms. The van der Waals surface area contributed by atoms with Crippen LogP contribution in [0, 0.1) is 17.0 Å². The number of nitro groups is 1. The molecule has 0 aliphatic rings. The predicted octanol–water partition coefficient (Wildman–Crippen LogP) is 4.11. The Morgan fingerprint density at radius 2 is 2.03 bits per heavy atom. The zero-order chi connectivity index (χ0) is 21.5. The van der Waals surface area contributed by atoms with Crippen LogP contribution in [0.1, 0.15) is 11.1 Å². The van der Waals surface area contributed by atoms with Crippen LogP contribution in [0.3, 0.4) is 0 Å². The largest absolute Gasteiger partial charge is 0.490 e. The minimum atomic E-state index is -0.522. The molecule has 30 heavy (non-hydrogen) atoms. The van der Waals surface area contributed by atoms with Gasteiger partial charge in [-0.05, 0) is 18.1 Å². The number of hydrogen-bond acceptors (Lipinski definition) is 9. The number of aryl methyl sites for hydroxylation is 1. The molecule has 0 aliphatic carbocycles. The van der Waals surface area contributed by atoms with Crippen LogP contribution in [0.4, 0.5) is 16.5 Å². The topological polar surface area (TPSA) is 119 Å². The molecule has 1 aromatic heterocycles. The minimum absolute atomic E-state index is 0.0896. The van der Waals surface area contributed by atoms with Crippen molar-refractivity contribution in [2.75, 3.05) is 23.5 Å². The first-order valence-electron chi connectivity index (χ1n) is 8.83. The molecule has 11 heteroatoms. The minimum Gasteiger partial charge on any atom is -0.490 e. The summed E-state index contributed by atoms with van der Waals surface area (Å²) in [6.07, 6.45) is 0. The van der Waals surface area contributed by atoms with Gasteiger partial charge in [0, 0.05) is 24.4 Å². The van der Waals surface area contributed by atoms with Crippen LogP contribution in [0.25, 0.3) is 0 Å². The zero-order valence-corrected chi connectivity index (χ0v) is 17.9. The summed E-state index contributed by atoms with van der Waals surface area (Å²) in [4.78, 5) is 22.9. The highest BCUT2D eigenvalue weighted by Gasteiger charge is 2.18. The third-order valence-corrected chi connectivity index (χ3v) is 6.03. The van der Waals surface area contributed by atoms with E-state index in [9.17, 15) is 14.9 Å². The molecule has 9 nitrogen and oxygen atoms in total. The summed E-state index contributed by atoms with van der Waals surface area (Å²) in [6.45, 7) is 2.33. The highest BCUT2D eigenvalue weighted by atomic mass is 32.2. The molecule has 3 aromatic rings. The number of benzene rings is 2. The Morgan fingerprint density at radius 1 is 1.27 bits per heavy atom. The van der Waals surface area contributed by atoms with Crippen LogP contribution in [0.15, 0.2) is 46.8 Å². The van der Waals surface area contributed by atoms with Gasteiger partial charge in [-0.3, -0.25) is 14.9 Å². The van der Waals surface area contributed by atoms with Gasteiger partial charge in [0.1, 0.15) is 0 Å². The average Bonchev–Trinajstić information content (AvgIpc) is 3.20. The van der Waals surface area contributed by atoms with E-state index in [-0.39, 0.29) is 23.1 Å². The summed E-state index contributed by atoms with van der Waals surface area (Å²) in [6, 6.07) is 12.8. The first-order chi connectivity index (χ1) is 14.5. The van der Waals surface area contributed by atoms with Crippen molar-refractivity contribution >= 4 is 45.5 Å². The lowest BCUT2D eigenvalue weighted by molar-refractivity contribution is -0.385. The van der Waals surface area contributed by atoms with Gasteiger partial charge in [-0.25, -0.2) is 0 Å². The fourth-order valence-corrected chi connectivity index (χ4v) is 4.09. The number of methoxy groups -OCH3 is 1. The predicted molar refractivity (Wildman–Crippen MR) is 117 cm³/mol. The van der Waals surface area contributed by atoms with Gasteiger partial charge in [-0.2, -0.15) is 0 Å². The van der Waals surface area contributed by atoms with E-state index in [4.69, 9.17) is 4.74 Å². The summed E-state index contributed by atoms with van der Waals surface area (Å²) in [7, 11) is 1.35. The van der Waals surface area contributed by atoms with Gasteiger partial charge in [-0.1, -0.05) is 53.4 Å². The van der Waals surface area contributed by atoms with Gasteiger partial charge >= 0.3 is 5.69 Å². The highest BCUT2D eigenvalue weighted by Crippen LogP contribution is 2.33. The van der Waals surface area contributed by atoms with Gasteiger partial charge < -0.3 is 15.4 Å². The fraction of sp³-hybridized carbons (Fsp3) is 0.211. The van der Waals surface area contributed by atoms with Crippen molar-refractivity contribution in [2.45, 2.75) is 17.8 Å². The van der Waals surface area contributed by atoms with Crippen LogP contribution in [0.5, 0.6) is 5.75 Å². The van der Waals surface area contributed by atoms with Crippen molar-refractivity contribution < 1.29 is 14.5 Å². The summed E-state index contributed by atoms with van der Waals surface area (Å²) < 4.78 is 5.71. The van der Waals surface area contributed by atoms with Crippen molar-refractivity contribution in [3.8, 4) is 5.75 Å². The Morgan fingerprint density at radius 3 is 2.73 bits per heavy atom. The second kappa shape index (κ2) is 10.0. The molecular weight excluding hydrogens is 426 g/mol. The second-order valence-electron chi connectivity index (χ2n) is 6.15. The van der Waals surface area contributed by atoms with E-state index in [0.29, 0.717) is 27.3 Å². The van der Waals surface area contributed by atoms with E-state index in [0.717, 1.165) is 5.56 Å². The van der Waals surface area contributed by atoms with E-state index in [1.165, 1.54) is 42.3 Å². The Labute approximate surface area is 181 Å². The Bertz CT molecular complexity index is 1040. The Hall–Kier alpha value is -3.18. The third-order valence-electron chi connectivity index (χ3n) is 4.02. The van der Waals surface area contributed by atoms with E-state index in [1.54, 1.807) is 6.92 Å². The molecular formula is C19H19N5O4S2. The van der Waals surface area contributed by atoms with Crippen LogP contribution in [0.2, 0.25) is 0 Å². The van der Waals surface area contributed by atoms with Gasteiger partial charge in [-0.15, -0.1) is 10.2 Å². The molecule has 2 aromatic carbocycles. The third kappa shape index (κ3) is 5.67. The van der Waals surface area contributed by atoms with Crippen LogP contribution < -0.4 is 15.4 Å². The summed E-state index contributed by atoms with van der Waals surface area (Å²) in [5, 5.41) is 25.9. The normalized spacial score (nSPS) is 10.5. The number of ether oxygens (including phenoxy) is 1. The summed E-state index contributed by atoms with van der Waals surface area (Å²) >= 11 is 2.64. The van der Waals surface area contributed by atoms with Crippen molar-refractivity contribution in [2.24, 2.45) is 0 Å². The molecule has 0 unspecified atom stereocenters. The van der Waals surface area contributed by atoms with Crippen LogP contribution in [-0.4, -0.2) is 33.9 Å². The summed E-state index contributed by atoms with van der Waals surface area (Å²) in [5.41, 5.74) is 2.02. The van der Waals surface area contributed by atoms with Crippen LogP contribution >= 0.6 is 23.1 Å². The van der Waals surface area contributed by atoms with Crippen LogP contribution in [-0.2, 0) is 11.3 Å². The molecule has 0 saturated heterocycles. The molecule has 0 aliphatic heterocycles. The van der Waals surface area contributed by atoms with Gasteiger partial charge in [0.25, 0.3) is 0 Å². The quantitative estimate of drug-likeness (QED) is 0.287. The lowest BCUT2D eigenvalue weighted by atomic mass is 10.1. The maximum Gasteiger partial charge on any atom is 0.311 e. The average molecular weight is 446 g/mol. The molecule has 1 amide bonds. The molecule has 0 saturated carbocycles. The first kappa shape index (κ1) is 21.5. The number of nitro benzene ring substituents is 1. The molecule has 3 rings (SSSR count). The van der Waals surface area contributed by atoms with Crippen molar-refractivity contribution in [3.05, 3.63) is 63.7 Å². The number of rotatable bonds is 9. The smallest absolute Gasteiger partial charge is 0.311 e. The van der Waals surface area contributed by atoms with Crippen molar-refractivity contribution in [3.63, 3.8) is 0 Å². The van der Waals surface area contributed by atoms with Gasteiger partial charge in [0.05, 0.1) is 17.8 Å². The fourth-order valence-electron chi connectivity index (χ4n) is 2.54. The standard InChI is InChI=1S/C19H19N5O4S2/c1-12-8-15(24(26)27)16(28-2)9-14(12)21-17(25)11-29-19-23-22-18(30-19)20-10-13-6-4-3-5-7-13/h3-9H,10-11H2,1-2H3,(H,20,22)(H,21,25). The molecule has 0 atom stereocenters. The summed E-state index contributed by atoms with van der Waals surface area (Å²) in [5.74, 6) is -0.0358. The first-order valence-corrected chi connectivity index (χ1v) is 10.6.